The molecule has 0 saturated heterocycles. The van der Waals surface area contributed by atoms with Gasteiger partial charge in [-0.1, -0.05) is 56.3 Å². The smallest absolute Gasteiger partial charge is 0.331 e. The van der Waals surface area contributed by atoms with Gasteiger partial charge in [-0.15, -0.1) is 0 Å². The monoisotopic (exact) mass is 452 g/mol. The number of ether oxygens (including phenoxy) is 2. The Morgan fingerprint density at radius 2 is 1.64 bits per heavy atom. The molecule has 2 amide bonds. The molecule has 2 N–H and O–H groups in total. The van der Waals surface area contributed by atoms with Crippen molar-refractivity contribution in [1.82, 2.24) is 10.6 Å². The first-order chi connectivity index (χ1) is 15.8. The Labute approximate surface area is 195 Å². The normalized spacial score (nSPS) is 12.1. The van der Waals surface area contributed by atoms with E-state index in [-0.39, 0.29) is 24.0 Å². The molecule has 0 heterocycles. The molecular weight excluding hydrogens is 420 g/mol. The summed E-state index contributed by atoms with van der Waals surface area (Å²) in [6.07, 6.45) is 1.88. The van der Waals surface area contributed by atoms with Gasteiger partial charge in [0, 0.05) is 25.1 Å². The minimum absolute atomic E-state index is 0.116. The summed E-state index contributed by atoms with van der Waals surface area (Å²) in [4.78, 5) is 37.8. The lowest BCUT2D eigenvalue weighted by Crippen LogP contribution is -2.47. The quantitative estimate of drug-likeness (QED) is 0.403. The molecule has 0 spiro atoms. The van der Waals surface area contributed by atoms with E-state index in [0.29, 0.717) is 18.6 Å². The fourth-order valence-corrected chi connectivity index (χ4v) is 3.20. The number of carbonyl (C=O) groups excluding carboxylic acids is 3. The fraction of sp³-hybridized carbons (Fsp3) is 0.346. The van der Waals surface area contributed by atoms with E-state index in [1.165, 1.54) is 13.1 Å². The minimum atomic E-state index is -0.799. The predicted octanol–water partition coefficient (Wildman–Crippen LogP) is 3.18. The van der Waals surface area contributed by atoms with E-state index in [1.54, 1.807) is 19.2 Å². The number of nitrogens with one attached hydrogen (secondary N) is 2. The zero-order chi connectivity index (χ0) is 24.2. The van der Waals surface area contributed by atoms with Crippen LogP contribution in [-0.4, -0.2) is 38.0 Å². The van der Waals surface area contributed by atoms with E-state index in [1.807, 2.05) is 56.3 Å². The molecule has 2 aromatic carbocycles. The highest BCUT2D eigenvalue weighted by Gasteiger charge is 2.23. The van der Waals surface area contributed by atoms with E-state index < -0.39 is 17.9 Å². The van der Waals surface area contributed by atoms with E-state index in [2.05, 4.69) is 10.6 Å². The number of likely N-dealkylation sites (N-methyl/N-ethyl adjacent to an activating group) is 1. The number of methoxy groups -OCH3 is 1. The van der Waals surface area contributed by atoms with Crippen LogP contribution in [0.4, 0.5) is 0 Å². The molecule has 7 nitrogen and oxygen atoms in total. The van der Waals surface area contributed by atoms with Crippen LogP contribution in [0.15, 0.2) is 66.2 Å². The Kier molecular flexibility index (Phi) is 10.1. The molecular formula is C26H32N2O5. The van der Waals surface area contributed by atoms with E-state index in [9.17, 15) is 14.4 Å². The summed E-state index contributed by atoms with van der Waals surface area (Å²) < 4.78 is 10.5. The van der Waals surface area contributed by atoms with Gasteiger partial charge in [-0.05, 0) is 35.6 Å². The van der Waals surface area contributed by atoms with Gasteiger partial charge >= 0.3 is 5.97 Å². The largest absolute Gasteiger partial charge is 0.497 e. The zero-order valence-electron chi connectivity index (χ0n) is 19.6. The topological polar surface area (TPSA) is 93.7 Å². The van der Waals surface area contributed by atoms with Gasteiger partial charge in [0.15, 0.2) is 0 Å². The Hall–Kier alpha value is -3.61. The number of rotatable bonds is 11. The lowest BCUT2D eigenvalue weighted by Gasteiger charge is -2.19. The SMILES string of the molecule is CNC(=O)[C@H](Cc1ccc(OC)cc1)NC(=O)C(=CC(=O)OCc1ccccc1)CC(C)C. The second-order valence-electron chi connectivity index (χ2n) is 8.05. The van der Waals surface area contributed by atoms with Gasteiger partial charge < -0.3 is 20.1 Å². The maximum Gasteiger partial charge on any atom is 0.331 e. The molecule has 0 aliphatic rings. The van der Waals surface area contributed by atoms with Gasteiger partial charge in [-0.2, -0.15) is 0 Å². The molecule has 176 valence electrons. The number of benzene rings is 2. The van der Waals surface area contributed by atoms with Crippen LogP contribution in [0.25, 0.3) is 0 Å². The first kappa shape index (κ1) is 25.6. The van der Waals surface area contributed by atoms with Gasteiger partial charge in [-0.3, -0.25) is 9.59 Å². The third kappa shape index (κ3) is 8.80. The van der Waals surface area contributed by atoms with Crippen molar-refractivity contribution in [2.45, 2.75) is 39.3 Å². The number of hydrogen-bond acceptors (Lipinski definition) is 5. The van der Waals surface area contributed by atoms with Gasteiger partial charge in [0.2, 0.25) is 11.8 Å². The van der Waals surface area contributed by atoms with Crippen molar-refractivity contribution in [2.24, 2.45) is 5.92 Å². The lowest BCUT2D eigenvalue weighted by molar-refractivity contribution is -0.139. The summed E-state index contributed by atoms with van der Waals surface area (Å²) in [5.74, 6) is -0.562. The molecule has 0 unspecified atom stereocenters. The zero-order valence-corrected chi connectivity index (χ0v) is 19.6. The van der Waals surface area contributed by atoms with Crippen LogP contribution in [0.2, 0.25) is 0 Å². The summed E-state index contributed by atoms with van der Waals surface area (Å²) in [6.45, 7) is 4.01. The van der Waals surface area contributed by atoms with Crippen LogP contribution in [0.1, 0.15) is 31.4 Å². The highest BCUT2D eigenvalue weighted by molar-refractivity contribution is 6.01. The maximum absolute atomic E-state index is 13.0. The Bertz CT molecular complexity index is 952. The van der Waals surface area contributed by atoms with Crippen molar-refractivity contribution in [3.63, 3.8) is 0 Å². The van der Waals surface area contributed by atoms with Crippen LogP contribution in [0.5, 0.6) is 5.75 Å². The van der Waals surface area contributed by atoms with Crippen molar-refractivity contribution < 1.29 is 23.9 Å². The molecule has 2 rings (SSSR count). The van der Waals surface area contributed by atoms with E-state index in [0.717, 1.165) is 11.1 Å². The first-order valence-corrected chi connectivity index (χ1v) is 10.9. The molecule has 1 atom stereocenters. The number of carbonyl (C=O) groups is 3. The molecule has 0 fully saturated rings. The average molecular weight is 453 g/mol. The molecule has 0 aliphatic carbocycles. The molecule has 2 aromatic rings. The van der Waals surface area contributed by atoms with Gasteiger partial charge in [0.25, 0.3) is 0 Å². The first-order valence-electron chi connectivity index (χ1n) is 10.9. The van der Waals surface area contributed by atoms with Crippen molar-refractivity contribution in [3.8, 4) is 5.75 Å². The van der Waals surface area contributed by atoms with Crippen LogP contribution >= 0.6 is 0 Å². The number of esters is 1. The fourth-order valence-electron chi connectivity index (χ4n) is 3.20. The summed E-state index contributed by atoms with van der Waals surface area (Å²) in [5, 5.41) is 5.35. The van der Waals surface area contributed by atoms with Crippen LogP contribution in [0, 0.1) is 5.92 Å². The van der Waals surface area contributed by atoms with Crippen molar-refractivity contribution in [1.29, 1.82) is 0 Å². The molecule has 0 aliphatic heterocycles. The van der Waals surface area contributed by atoms with Crippen molar-refractivity contribution in [3.05, 3.63) is 77.4 Å². The molecule has 33 heavy (non-hydrogen) atoms. The Morgan fingerprint density at radius 3 is 2.21 bits per heavy atom. The van der Waals surface area contributed by atoms with Gasteiger partial charge in [0.1, 0.15) is 18.4 Å². The molecule has 0 radical (unpaired) electrons. The highest BCUT2D eigenvalue weighted by Crippen LogP contribution is 2.15. The molecule has 7 heteroatoms. The summed E-state index contributed by atoms with van der Waals surface area (Å²) in [6, 6.07) is 15.8. The molecule has 0 bridgehead atoms. The number of amides is 2. The summed E-state index contributed by atoms with van der Waals surface area (Å²) in [5.41, 5.74) is 1.99. The van der Waals surface area contributed by atoms with Crippen molar-refractivity contribution in [2.75, 3.05) is 14.2 Å². The lowest BCUT2D eigenvalue weighted by atomic mass is 10.00. The second-order valence-corrected chi connectivity index (χ2v) is 8.05. The minimum Gasteiger partial charge on any atom is -0.497 e. The Balaban J connectivity index is 2.12. The van der Waals surface area contributed by atoms with Crippen molar-refractivity contribution >= 4 is 17.8 Å². The second kappa shape index (κ2) is 13.1. The standard InChI is InChI=1S/C26H32N2O5/c1-18(2)14-21(16-24(29)33-17-20-8-6-5-7-9-20)25(30)28-23(26(31)27-3)15-19-10-12-22(32-4)13-11-19/h5-13,16,18,23H,14-15,17H2,1-4H3,(H,27,31)(H,28,30)/t23-/m0/s1. The third-order valence-electron chi connectivity index (χ3n) is 4.90. The number of hydrogen-bond donors (Lipinski definition) is 2. The molecule has 0 saturated carbocycles. The maximum atomic E-state index is 13.0. The van der Waals surface area contributed by atoms with Crippen LogP contribution in [-0.2, 0) is 32.1 Å². The summed E-state index contributed by atoms with van der Waals surface area (Å²) in [7, 11) is 3.09. The van der Waals surface area contributed by atoms with Gasteiger partial charge in [-0.25, -0.2) is 4.79 Å². The predicted molar refractivity (Wildman–Crippen MR) is 126 cm³/mol. The van der Waals surface area contributed by atoms with Crippen LogP contribution in [0.3, 0.4) is 0 Å². The van der Waals surface area contributed by atoms with Gasteiger partial charge in [0.05, 0.1) is 7.11 Å². The van der Waals surface area contributed by atoms with E-state index in [4.69, 9.17) is 9.47 Å². The molecule has 0 aromatic heterocycles. The Morgan fingerprint density at radius 1 is 0.970 bits per heavy atom. The summed E-state index contributed by atoms with van der Waals surface area (Å²) >= 11 is 0. The van der Waals surface area contributed by atoms with E-state index >= 15 is 0 Å². The van der Waals surface area contributed by atoms with Crippen LogP contribution < -0.4 is 15.4 Å². The highest BCUT2D eigenvalue weighted by atomic mass is 16.5. The average Bonchev–Trinajstić information content (AvgIpc) is 2.82. The third-order valence-corrected chi connectivity index (χ3v) is 4.90.